The van der Waals surface area contributed by atoms with Crippen LogP contribution < -0.4 is 4.74 Å². The van der Waals surface area contributed by atoms with Gasteiger partial charge in [-0.3, -0.25) is 4.90 Å². The second-order valence-corrected chi connectivity index (χ2v) is 9.80. The fourth-order valence-corrected chi connectivity index (χ4v) is 4.39. The van der Waals surface area contributed by atoms with Crippen LogP contribution in [0, 0.1) is 12.3 Å². The number of nitrogens with zero attached hydrogens (tertiary/aromatic N) is 2. The normalized spacial score (nSPS) is 16.9. The number of fused-ring (bicyclic) bond motifs is 1. The molecule has 31 heavy (non-hydrogen) atoms. The molecule has 0 spiro atoms. The lowest BCUT2D eigenvalue weighted by molar-refractivity contribution is 0.138. The number of aromatic nitrogens is 1. The third kappa shape index (κ3) is 5.19. The minimum absolute atomic E-state index is 0.300. The Bertz CT molecular complexity index is 1020. The van der Waals surface area contributed by atoms with Gasteiger partial charge in [-0.2, -0.15) is 0 Å². The van der Waals surface area contributed by atoms with Crippen LogP contribution in [0.15, 0.2) is 52.9 Å². The average Bonchev–Trinajstić information content (AvgIpc) is 3.11. The summed E-state index contributed by atoms with van der Waals surface area (Å²) in [6, 6.07) is 17.0. The van der Waals surface area contributed by atoms with E-state index < -0.39 is 0 Å². The van der Waals surface area contributed by atoms with E-state index in [4.69, 9.17) is 9.15 Å². The van der Waals surface area contributed by atoms with E-state index >= 15 is 0 Å². The second kappa shape index (κ2) is 8.88. The summed E-state index contributed by atoms with van der Waals surface area (Å²) in [5.74, 6) is 2.47. The predicted octanol–water partition coefficient (Wildman–Crippen LogP) is 6.24. The fourth-order valence-electron chi connectivity index (χ4n) is 4.39. The lowest BCUT2D eigenvalue weighted by Crippen LogP contribution is -2.39. The van der Waals surface area contributed by atoms with E-state index in [-0.39, 0.29) is 0 Å². The van der Waals surface area contributed by atoms with Crippen LogP contribution in [0.3, 0.4) is 0 Å². The zero-order valence-electron chi connectivity index (χ0n) is 19.4. The van der Waals surface area contributed by atoms with E-state index in [2.05, 4.69) is 55.8 Å². The molecule has 1 aromatic heterocycles. The number of rotatable bonds is 6. The smallest absolute Gasteiger partial charge is 0.226 e. The van der Waals surface area contributed by atoms with Crippen LogP contribution in [0.1, 0.15) is 56.3 Å². The molecule has 0 amide bonds. The molecule has 0 aliphatic carbocycles. The Morgan fingerprint density at radius 1 is 1.13 bits per heavy atom. The Morgan fingerprint density at radius 2 is 1.90 bits per heavy atom. The van der Waals surface area contributed by atoms with Gasteiger partial charge in [0.05, 0.1) is 12.3 Å². The molecule has 1 unspecified atom stereocenters. The van der Waals surface area contributed by atoms with Gasteiger partial charge in [0.1, 0.15) is 11.5 Å². The van der Waals surface area contributed by atoms with Crippen molar-refractivity contribution in [1.29, 1.82) is 0 Å². The highest BCUT2D eigenvalue weighted by Crippen LogP contribution is 2.34. The SMILES string of the molecule is Cc1oc(-c2ccccc2)nc1CCOc1ccc2c(c1)C(C)N(CC(C)(C)C)CC2. The molecule has 4 heteroatoms. The van der Waals surface area contributed by atoms with Gasteiger partial charge in [0.15, 0.2) is 0 Å². The van der Waals surface area contributed by atoms with Gasteiger partial charge in [0.25, 0.3) is 0 Å². The molecule has 0 N–H and O–H groups in total. The van der Waals surface area contributed by atoms with Crippen molar-refractivity contribution in [3.8, 4) is 17.2 Å². The molecule has 0 saturated heterocycles. The summed E-state index contributed by atoms with van der Waals surface area (Å²) >= 11 is 0. The molecule has 4 nitrogen and oxygen atoms in total. The van der Waals surface area contributed by atoms with Crippen molar-refractivity contribution in [3.63, 3.8) is 0 Å². The summed E-state index contributed by atoms with van der Waals surface area (Å²) < 4.78 is 12.0. The molecule has 2 heterocycles. The highest BCUT2D eigenvalue weighted by molar-refractivity contribution is 5.53. The first kappa shape index (κ1) is 21.6. The molecule has 1 aliphatic heterocycles. The molecular weight excluding hydrogens is 384 g/mol. The van der Waals surface area contributed by atoms with Gasteiger partial charge < -0.3 is 9.15 Å². The van der Waals surface area contributed by atoms with Crippen molar-refractivity contribution in [1.82, 2.24) is 9.88 Å². The number of ether oxygens (including phenoxy) is 1. The number of oxazole rings is 1. The predicted molar refractivity (Wildman–Crippen MR) is 125 cm³/mol. The van der Waals surface area contributed by atoms with E-state index in [9.17, 15) is 0 Å². The van der Waals surface area contributed by atoms with Gasteiger partial charge in [-0.1, -0.05) is 45.0 Å². The summed E-state index contributed by atoms with van der Waals surface area (Å²) in [4.78, 5) is 7.28. The molecule has 1 aliphatic rings. The number of benzene rings is 2. The zero-order chi connectivity index (χ0) is 22.0. The maximum Gasteiger partial charge on any atom is 0.226 e. The van der Waals surface area contributed by atoms with Crippen LogP contribution in [0.25, 0.3) is 11.5 Å². The van der Waals surface area contributed by atoms with Gasteiger partial charge in [-0.05, 0) is 61.1 Å². The van der Waals surface area contributed by atoms with Crippen molar-refractivity contribution >= 4 is 0 Å². The standard InChI is InChI=1S/C27H34N2O2/c1-19-24-17-23(12-11-21(24)13-15-29(19)18-27(3,4)5)30-16-14-25-20(2)31-26(28-25)22-9-7-6-8-10-22/h6-12,17,19H,13-16,18H2,1-5H3. The van der Waals surface area contributed by atoms with Gasteiger partial charge in [0, 0.05) is 31.1 Å². The minimum Gasteiger partial charge on any atom is -0.493 e. The summed E-state index contributed by atoms with van der Waals surface area (Å²) in [6.07, 6.45) is 1.83. The van der Waals surface area contributed by atoms with Crippen LogP contribution in [-0.2, 0) is 12.8 Å². The Morgan fingerprint density at radius 3 is 2.65 bits per heavy atom. The maximum absolute atomic E-state index is 6.13. The van der Waals surface area contributed by atoms with Crippen LogP contribution in [0.5, 0.6) is 5.75 Å². The summed E-state index contributed by atoms with van der Waals surface area (Å²) in [5.41, 5.74) is 5.11. The molecule has 4 rings (SSSR count). The van der Waals surface area contributed by atoms with E-state index in [1.54, 1.807) is 0 Å². The van der Waals surface area contributed by atoms with Crippen molar-refractivity contribution in [2.45, 2.75) is 53.5 Å². The Balaban J connectivity index is 1.40. The highest BCUT2D eigenvalue weighted by Gasteiger charge is 2.27. The van der Waals surface area contributed by atoms with E-state index in [1.165, 1.54) is 11.1 Å². The van der Waals surface area contributed by atoms with E-state index in [0.29, 0.717) is 24.0 Å². The maximum atomic E-state index is 6.13. The first-order chi connectivity index (χ1) is 14.8. The monoisotopic (exact) mass is 418 g/mol. The molecule has 2 aromatic carbocycles. The molecule has 0 bridgehead atoms. The Kier molecular flexibility index (Phi) is 6.19. The molecule has 164 valence electrons. The first-order valence-corrected chi connectivity index (χ1v) is 11.3. The van der Waals surface area contributed by atoms with Crippen LogP contribution in [-0.4, -0.2) is 29.6 Å². The second-order valence-electron chi connectivity index (χ2n) is 9.80. The number of hydrogen-bond acceptors (Lipinski definition) is 4. The van der Waals surface area contributed by atoms with Crippen LogP contribution in [0.4, 0.5) is 0 Å². The molecule has 0 radical (unpaired) electrons. The highest BCUT2D eigenvalue weighted by atomic mass is 16.5. The third-order valence-corrected chi connectivity index (χ3v) is 5.98. The molecule has 0 saturated carbocycles. The van der Waals surface area contributed by atoms with Gasteiger partial charge in [-0.15, -0.1) is 0 Å². The van der Waals surface area contributed by atoms with E-state index in [0.717, 1.165) is 48.7 Å². The topological polar surface area (TPSA) is 38.5 Å². The number of aryl methyl sites for hydroxylation is 1. The lowest BCUT2D eigenvalue weighted by Gasteiger charge is -2.39. The molecule has 3 aromatic rings. The van der Waals surface area contributed by atoms with Crippen molar-refractivity contribution in [3.05, 3.63) is 71.1 Å². The largest absolute Gasteiger partial charge is 0.493 e. The van der Waals surface area contributed by atoms with Gasteiger partial charge in [-0.25, -0.2) is 4.98 Å². The van der Waals surface area contributed by atoms with Gasteiger partial charge in [0.2, 0.25) is 5.89 Å². The third-order valence-electron chi connectivity index (χ3n) is 5.98. The van der Waals surface area contributed by atoms with Crippen molar-refractivity contribution in [2.24, 2.45) is 5.41 Å². The fraction of sp³-hybridized carbons (Fsp3) is 0.444. The average molecular weight is 419 g/mol. The number of hydrogen-bond donors (Lipinski definition) is 0. The van der Waals surface area contributed by atoms with E-state index in [1.807, 2.05) is 37.3 Å². The Hall–Kier alpha value is -2.59. The lowest BCUT2D eigenvalue weighted by atomic mass is 9.89. The van der Waals surface area contributed by atoms with Gasteiger partial charge >= 0.3 is 0 Å². The molecule has 0 fully saturated rings. The summed E-state index contributed by atoms with van der Waals surface area (Å²) in [7, 11) is 0. The van der Waals surface area contributed by atoms with Crippen molar-refractivity contribution in [2.75, 3.05) is 19.7 Å². The van der Waals surface area contributed by atoms with Crippen molar-refractivity contribution < 1.29 is 9.15 Å². The first-order valence-electron chi connectivity index (χ1n) is 11.3. The molecular formula is C27H34N2O2. The Labute approximate surface area is 186 Å². The van der Waals surface area contributed by atoms with Crippen LogP contribution in [0.2, 0.25) is 0 Å². The molecule has 1 atom stereocenters. The minimum atomic E-state index is 0.300. The quantitative estimate of drug-likeness (QED) is 0.475. The zero-order valence-corrected chi connectivity index (χ0v) is 19.4. The summed E-state index contributed by atoms with van der Waals surface area (Å²) in [6.45, 7) is 14.0. The van der Waals surface area contributed by atoms with Crippen LogP contribution >= 0.6 is 0 Å². The summed E-state index contributed by atoms with van der Waals surface area (Å²) in [5, 5.41) is 0.